The highest BCUT2D eigenvalue weighted by molar-refractivity contribution is 5.07. The van der Waals surface area contributed by atoms with Gasteiger partial charge in [-0.25, -0.2) is 0 Å². The third-order valence-corrected chi connectivity index (χ3v) is 1.76. The van der Waals surface area contributed by atoms with Crippen molar-refractivity contribution in [1.82, 2.24) is 10.3 Å². The Bertz CT molecular complexity index is 224. The summed E-state index contributed by atoms with van der Waals surface area (Å²) in [5.74, 6) is 0. The van der Waals surface area contributed by atoms with Gasteiger partial charge in [0.25, 0.3) is 0 Å². The summed E-state index contributed by atoms with van der Waals surface area (Å²) in [4.78, 5) is 3.95. The molecule has 4 nitrogen and oxygen atoms in total. The molecular weight excluding hydrogens is 168 g/mol. The second-order valence-corrected chi connectivity index (χ2v) is 2.80. The predicted molar refractivity (Wildman–Crippen MR) is 49.0 cm³/mol. The molecule has 1 aromatic heterocycles. The van der Waals surface area contributed by atoms with Crippen LogP contribution in [0.4, 0.5) is 0 Å². The van der Waals surface area contributed by atoms with E-state index in [1.54, 1.807) is 12.4 Å². The van der Waals surface area contributed by atoms with E-state index in [9.17, 15) is 0 Å². The maximum atomic E-state index is 8.77. The van der Waals surface area contributed by atoms with E-state index < -0.39 is 0 Å². The van der Waals surface area contributed by atoms with Crippen molar-refractivity contribution in [2.24, 2.45) is 0 Å². The van der Waals surface area contributed by atoms with Crippen LogP contribution in [0.1, 0.15) is 5.56 Å². The van der Waals surface area contributed by atoms with E-state index in [0.29, 0.717) is 6.54 Å². The van der Waals surface area contributed by atoms with Crippen LogP contribution >= 0.6 is 0 Å². The van der Waals surface area contributed by atoms with Crippen molar-refractivity contribution in [1.29, 1.82) is 0 Å². The van der Waals surface area contributed by atoms with Crippen molar-refractivity contribution in [3.05, 3.63) is 30.1 Å². The Kier molecular flexibility index (Phi) is 4.39. The van der Waals surface area contributed by atoms with Crippen LogP contribution in [0.5, 0.6) is 0 Å². The zero-order valence-corrected chi connectivity index (χ0v) is 7.35. The Morgan fingerprint density at radius 3 is 2.69 bits per heavy atom. The smallest absolute Gasteiger partial charge is 0.0607 e. The molecule has 1 heterocycles. The highest BCUT2D eigenvalue weighted by Crippen LogP contribution is 1.95. The van der Waals surface area contributed by atoms with Gasteiger partial charge in [-0.1, -0.05) is 6.07 Å². The molecule has 0 saturated carbocycles. The zero-order chi connectivity index (χ0) is 9.52. The molecule has 0 atom stereocenters. The van der Waals surface area contributed by atoms with Gasteiger partial charge in [0.05, 0.1) is 19.3 Å². The summed E-state index contributed by atoms with van der Waals surface area (Å²) < 4.78 is 0. The number of hydrogen-bond donors (Lipinski definition) is 3. The zero-order valence-electron chi connectivity index (χ0n) is 7.35. The van der Waals surface area contributed by atoms with Crippen molar-refractivity contribution in [2.45, 2.75) is 12.6 Å². The van der Waals surface area contributed by atoms with Crippen molar-refractivity contribution < 1.29 is 10.2 Å². The fraction of sp³-hybridized carbons (Fsp3) is 0.444. The molecule has 0 aliphatic carbocycles. The maximum Gasteiger partial charge on any atom is 0.0607 e. The predicted octanol–water partition coefficient (Wildman–Crippen LogP) is -0.476. The van der Waals surface area contributed by atoms with E-state index in [4.69, 9.17) is 10.2 Å². The minimum Gasteiger partial charge on any atom is -0.395 e. The molecule has 72 valence electrons. The molecule has 0 bridgehead atoms. The van der Waals surface area contributed by atoms with Crippen molar-refractivity contribution in [3.8, 4) is 0 Å². The second kappa shape index (κ2) is 5.64. The molecule has 0 radical (unpaired) electrons. The Labute approximate surface area is 77.2 Å². The van der Waals surface area contributed by atoms with Crippen molar-refractivity contribution in [2.75, 3.05) is 13.2 Å². The van der Waals surface area contributed by atoms with Crippen LogP contribution in [0.3, 0.4) is 0 Å². The standard InChI is InChI=1S/C9H14N2O2/c12-6-9(7-13)11-5-8-2-1-3-10-4-8/h1-4,9,11-13H,5-7H2. The quantitative estimate of drug-likeness (QED) is 0.575. The number of nitrogens with one attached hydrogen (secondary N) is 1. The summed E-state index contributed by atoms with van der Waals surface area (Å²) >= 11 is 0. The Morgan fingerprint density at radius 2 is 2.15 bits per heavy atom. The van der Waals surface area contributed by atoms with E-state index in [-0.39, 0.29) is 19.3 Å². The van der Waals surface area contributed by atoms with Crippen molar-refractivity contribution >= 4 is 0 Å². The van der Waals surface area contributed by atoms with E-state index >= 15 is 0 Å². The second-order valence-electron chi connectivity index (χ2n) is 2.80. The summed E-state index contributed by atoms with van der Waals surface area (Å²) in [6.45, 7) is 0.493. The van der Waals surface area contributed by atoms with Crippen LogP contribution in [-0.4, -0.2) is 34.5 Å². The molecule has 1 aromatic rings. The number of pyridine rings is 1. The largest absolute Gasteiger partial charge is 0.395 e. The first-order valence-electron chi connectivity index (χ1n) is 4.21. The first kappa shape index (κ1) is 10.1. The van der Waals surface area contributed by atoms with Crippen LogP contribution in [0.15, 0.2) is 24.5 Å². The molecule has 0 spiro atoms. The van der Waals surface area contributed by atoms with E-state index in [1.165, 1.54) is 0 Å². The number of hydrogen-bond acceptors (Lipinski definition) is 4. The Morgan fingerprint density at radius 1 is 1.38 bits per heavy atom. The van der Waals surface area contributed by atoms with Crippen LogP contribution in [0.25, 0.3) is 0 Å². The maximum absolute atomic E-state index is 8.77. The molecule has 0 aromatic carbocycles. The fourth-order valence-electron chi connectivity index (χ4n) is 0.952. The summed E-state index contributed by atoms with van der Waals surface area (Å²) in [6, 6.07) is 3.54. The van der Waals surface area contributed by atoms with E-state index in [2.05, 4.69) is 10.3 Å². The molecule has 0 aliphatic heterocycles. The van der Waals surface area contributed by atoms with Gasteiger partial charge in [-0.05, 0) is 11.6 Å². The number of aliphatic hydroxyl groups excluding tert-OH is 2. The summed E-state index contributed by atoms with van der Waals surface area (Å²) in [5, 5.41) is 20.5. The van der Waals surface area contributed by atoms with Gasteiger partial charge < -0.3 is 15.5 Å². The molecule has 1 rings (SSSR count). The highest BCUT2D eigenvalue weighted by atomic mass is 16.3. The molecule has 0 unspecified atom stereocenters. The minimum atomic E-state index is -0.250. The summed E-state index contributed by atoms with van der Waals surface area (Å²) in [7, 11) is 0. The Hall–Kier alpha value is -0.970. The van der Waals surface area contributed by atoms with Crippen molar-refractivity contribution in [3.63, 3.8) is 0 Å². The average Bonchev–Trinajstić information content (AvgIpc) is 2.21. The van der Waals surface area contributed by atoms with Gasteiger partial charge >= 0.3 is 0 Å². The van der Waals surface area contributed by atoms with Gasteiger partial charge in [-0.15, -0.1) is 0 Å². The van der Waals surface area contributed by atoms with Gasteiger partial charge in [-0.3, -0.25) is 4.98 Å². The SMILES string of the molecule is OCC(CO)NCc1cccnc1. The van der Waals surface area contributed by atoms with E-state index in [0.717, 1.165) is 5.56 Å². The molecule has 3 N–H and O–H groups in total. The third-order valence-electron chi connectivity index (χ3n) is 1.76. The van der Waals surface area contributed by atoms with Crippen LogP contribution < -0.4 is 5.32 Å². The number of nitrogens with zero attached hydrogens (tertiary/aromatic N) is 1. The first-order valence-corrected chi connectivity index (χ1v) is 4.21. The van der Waals surface area contributed by atoms with Crippen LogP contribution in [-0.2, 0) is 6.54 Å². The minimum absolute atomic E-state index is 0.0588. The third kappa shape index (κ3) is 3.50. The van der Waals surface area contributed by atoms with Gasteiger partial charge in [0.2, 0.25) is 0 Å². The lowest BCUT2D eigenvalue weighted by Crippen LogP contribution is -2.35. The monoisotopic (exact) mass is 182 g/mol. The number of aromatic nitrogens is 1. The molecule has 13 heavy (non-hydrogen) atoms. The lowest BCUT2D eigenvalue weighted by molar-refractivity contribution is 0.170. The van der Waals surface area contributed by atoms with E-state index in [1.807, 2.05) is 12.1 Å². The normalized spacial score (nSPS) is 10.7. The number of rotatable bonds is 5. The molecule has 0 fully saturated rings. The van der Waals surface area contributed by atoms with Gasteiger partial charge in [0.15, 0.2) is 0 Å². The van der Waals surface area contributed by atoms with Gasteiger partial charge in [0.1, 0.15) is 0 Å². The summed E-state index contributed by atoms with van der Waals surface area (Å²) in [5.41, 5.74) is 1.04. The topological polar surface area (TPSA) is 65.4 Å². The lowest BCUT2D eigenvalue weighted by Gasteiger charge is -2.12. The van der Waals surface area contributed by atoms with Crippen LogP contribution in [0, 0.1) is 0 Å². The molecule has 4 heteroatoms. The first-order chi connectivity index (χ1) is 6.36. The fourth-order valence-corrected chi connectivity index (χ4v) is 0.952. The van der Waals surface area contributed by atoms with Gasteiger partial charge in [-0.2, -0.15) is 0 Å². The van der Waals surface area contributed by atoms with Crippen LogP contribution in [0.2, 0.25) is 0 Å². The molecular formula is C9H14N2O2. The Balaban J connectivity index is 2.34. The highest BCUT2D eigenvalue weighted by Gasteiger charge is 2.03. The molecule has 0 amide bonds. The average molecular weight is 182 g/mol. The molecule has 0 saturated heterocycles. The molecule has 0 aliphatic rings. The number of aliphatic hydroxyl groups is 2. The summed E-state index contributed by atoms with van der Waals surface area (Å²) in [6.07, 6.45) is 3.46. The lowest BCUT2D eigenvalue weighted by atomic mass is 10.2. The van der Waals surface area contributed by atoms with Gasteiger partial charge in [0, 0.05) is 18.9 Å².